The van der Waals surface area contributed by atoms with Crippen molar-refractivity contribution < 1.29 is 18.0 Å². The van der Waals surface area contributed by atoms with Crippen molar-refractivity contribution in [3.63, 3.8) is 0 Å². The first kappa shape index (κ1) is 20.9. The highest BCUT2D eigenvalue weighted by atomic mass is 19.2. The number of hydrogen-bond acceptors (Lipinski definition) is 3. The molecule has 0 bridgehead atoms. The summed E-state index contributed by atoms with van der Waals surface area (Å²) >= 11 is 0. The number of anilines is 2. The molecule has 1 aromatic heterocycles. The van der Waals surface area contributed by atoms with Crippen LogP contribution in [-0.4, -0.2) is 24.0 Å². The highest BCUT2D eigenvalue weighted by molar-refractivity contribution is 5.98. The predicted molar refractivity (Wildman–Crippen MR) is 113 cm³/mol. The number of benzene rings is 2. The summed E-state index contributed by atoms with van der Waals surface area (Å²) in [6.07, 6.45) is 3.41. The maximum Gasteiger partial charge on any atom is 0.251 e. The third kappa shape index (κ3) is 4.26. The fourth-order valence-corrected chi connectivity index (χ4v) is 3.90. The second kappa shape index (κ2) is 8.79. The fourth-order valence-electron chi connectivity index (χ4n) is 3.90. The van der Waals surface area contributed by atoms with Crippen LogP contribution >= 0.6 is 0 Å². The van der Waals surface area contributed by atoms with E-state index >= 15 is 0 Å². The van der Waals surface area contributed by atoms with Gasteiger partial charge in [0.1, 0.15) is 0 Å². The van der Waals surface area contributed by atoms with E-state index in [4.69, 9.17) is 0 Å². The van der Waals surface area contributed by atoms with Gasteiger partial charge in [0.05, 0.1) is 0 Å². The van der Waals surface area contributed by atoms with E-state index in [1.807, 2.05) is 37.3 Å². The van der Waals surface area contributed by atoms with Crippen molar-refractivity contribution in [1.29, 1.82) is 0 Å². The lowest BCUT2D eigenvalue weighted by atomic mass is 10.0. The molecule has 0 saturated carbocycles. The summed E-state index contributed by atoms with van der Waals surface area (Å²) in [5.74, 6) is -3.98. The zero-order valence-corrected chi connectivity index (χ0v) is 17.1. The Morgan fingerprint density at radius 2 is 1.90 bits per heavy atom. The molecular weight excluding hydrogens is 403 g/mol. The van der Waals surface area contributed by atoms with Crippen LogP contribution in [-0.2, 0) is 12.8 Å². The van der Waals surface area contributed by atoms with Crippen LogP contribution < -0.4 is 10.2 Å². The van der Waals surface area contributed by atoms with Crippen molar-refractivity contribution in [3.05, 3.63) is 88.5 Å². The average molecular weight is 425 g/mol. The van der Waals surface area contributed by atoms with E-state index in [0.717, 1.165) is 41.9 Å². The maximum absolute atomic E-state index is 13.5. The lowest BCUT2D eigenvalue weighted by Crippen LogP contribution is -2.24. The van der Waals surface area contributed by atoms with Crippen LogP contribution in [0.2, 0.25) is 0 Å². The lowest BCUT2D eigenvalue weighted by Gasteiger charge is -2.20. The largest absolute Gasteiger partial charge is 0.352 e. The molecule has 1 amide bonds. The number of carbonyl (C=O) groups is 1. The van der Waals surface area contributed by atoms with Crippen LogP contribution in [0.25, 0.3) is 0 Å². The number of nitrogens with zero attached hydrogens (tertiary/aromatic N) is 2. The molecule has 2 aromatic carbocycles. The molecule has 0 atom stereocenters. The molecule has 0 aliphatic carbocycles. The first-order valence-electron chi connectivity index (χ1n) is 10.2. The van der Waals surface area contributed by atoms with Crippen LogP contribution in [0, 0.1) is 17.5 Å². The van der Waals surface area contributed by atoms with Gasteiger partial charge in [0.25, 0.3) is 5.91 Å². The number of hydrogen-bond donors (Lipinski definition) is 1. The summed E-state index contributed by atoms with van der Waals surface area (Å²) in [6, 6.07) is 11.3. The van der Waals surface area contributed by atoms with E-state index in [0.29, 0.717) is 29.9 Å². The molecule has 1 N–H and O–H groups in total. The van der Waals surface area contributed by atoms with E-state index < -0.39 is 17.5 Å². The van der Waals surface area contributed by atoms with Gasteiger partial charge in [-0.1, -0.05) is 13.0 Å². The van der Waals surface area contributed by atoms with E-state index in [1.54, 1.807) is 6.20 Å². The smallest absolute Gasteiger partial charge is 0.251 e. The SMILES string of the molecule is CCCNC(=O)c1cccc2c1CCN2c1ccnc(Cc2cc(F)c(F)c(F)c2)c1. The number of aromatic nitrogens is 1. The molecule has 0 unspecified atom stereocenters. The number of amides is 1. The van der Waals surface area contributed by atoms with Crippen molar-refractivity contribution in [1.82, 2.24) is 10.3 Å². The summed E-state index contributed by atoms with van der Waals surface area (Å²) < 4.78 is 40.3. The van der Waals surface area contributed by atoms with Gasteiger partial charge in [-0.25, -0.2) is 13.2 Å². The predicted octanol–water partition coefficient (Wildman–Crippen LogP) is 4.92. The molecule has 0 saturated heterocycles. The van der Waals surface area contributed by atoms with Crippen LogP contribution in [0.1, 0.15) is 40.5 Å². The second-order valence-corrected chi connectivity index (χ2v) is 7.52. The molecule has 3 aromatic rings. The summed E-state index contributed by atoms with van der Waals surface area (Å²) in [4.78, 5) is 18.9. The maximum atomic E-state index is 13.5. The summed E-state index contributed by atoms with van der Waals surface area (Å²) in [6.45, 7) is 3.34. The number of fused-ring (bicyclic) bond motifs is 1. The van der Waals surface area contributed by atoms with Gasteiger partial charge in [0.15, 0.2) is 17.5 Å². The second-order valence-electron chi connectivity index (χ2n) is 7.52. The minimum Gasteiger partial charge on any atom is -0.352 e. The normalized spacial score (nSPS) is 12.7. The van der Waals surface area contributed by atoms with Crippen molar-refractivity contribution in [2.45, 2.75) is 26.2 Å². The Morgan fingerprint density at radius 1 is 1.13 bits per heavy atom. The Morgan fingerprint density at radius 3 is 2.65 bits per heavy atom. The minimum atomic E-state index is -1.47. The average Bonchev–Trinajstić information content (AvgIpc) is 3.20. The zero-order chi connectivity index (χ0) is 22.0. The Labute approximate surface area is 178 Å². The Bertz CT molecular complexity index is 1110. The number of rotatable bonds is 6. The molecule has 0 radical (unpaired) electrons. The van der Waals surface area contributed by atoms with Gasteiger partial charge in [-0.3, -0.25) is 9.78 Å². The van der Waals surface area contributed by atoms with E-state index in [1.165, 1.54) is 0 Å². The highest BCUT2D eigenvalue weighted by Gasteiger charge is 2.25. The molecule has 0 fully saturated rings. The van der Waals surface area contributed by atoms with Crippen LogP contribution in [0.3, 0.4) is 0 Å². The monoisotopic (exact) mass is 425 g/mol. The number of nitrogens with one attached hydrogen (secondary N) is 1. The molecule has 1 aliphatic rings. The highest BCUT2D eigenvalue weighted by Crippen LogP contribution is 2.36. The number of carbonyl (C=O) groups excluding carboxylic acids is 1. The van der Waals surface area contributed by atoms with Gasteiger partial charge in [-0.05, 0) is 60.4 Å². The first-order valence-corrected chi connectivity index (χ1v) is 10.2. The summed E-state index contributed by atoms with van der Waals surface area (Å²) in [5.41, 5.74) is 4.42. The molecule has 160 valence electrons. The van der Waals surface area contributed by atoms with Crippen molar-refractivity contribution in [2.75, 3.05) is 18.0 Å². The van der Waals surface area contributed by atoms with Crippen molar-refractivity contribution in [3.8, 4) is 0 Å². The van der Waals surface area contributed by atoms with Gasteiger partial charge in [-0.2, -0.15) is 0 Å². The van der Waals surface area contributed by atoms with Crippen LogP contribution in [0.15, 0.2) is 48.7 Å². The summed E-state index contributed by atoms with van der Waals surface area (Å²) in [7, 11) is 0. The quantitative estimate of drug-likeness (QED) is 0.570. The molecule has 31 heavy (non-hydrogen) atoms. The molecule has 2 heterocycles. The van der Waals surface area contributed by atoms with Crippen molar-refractivity contribution in [2.24, 2.45) is 0 Å². The minimum absolute atomic E-state index is 0.0728. The Hall–Kier alpha value is -3.35. The van der Waals surface area contributed by atoms with Gasteiger partial charge >= 0.3 is 0 Å². The number of pyridine rings is 1. The van der Waals surface area contributed by atoms with Gasteiger partial charge < -0.3 is 10.2 Å². The molecule has 4 nitrogen and oxygen atoms in total. The molecule has 7 heteroatoms. The Balaban J connectivity index is 1.60. The van der Waals surface area contributed by atoms with Gasteiger partial charge in [0.2, 0.25) is 0 Å². The summed E-state index contributed by atoms with van der Waals surface area (Å²) in [5, 5.41) is 2.93. The fraction of sp³-hybridized carbons (Fsp3) is 0.250. The zero-order valence-electron chi connectivity index (χ0n) is 17.1. The third-order valence-corrected chi connectivity index (χ3v) is 5.35. The van der Waals surface area contributed by atoms with Gasteiger partial charge in [-0.15, -0.1) is 0 Å². The Kier molecular flexibility index (Phi) is 5.93. The molecule has 1 aliphatic heterocycles. The van der Waals surface area contributed by atoms with Crippen molar-refractivity contribution >= 4 is 17.3 Å². The van der Waals surface area contributed by atoms with Crippen LogP contribution in [0.5, 0.6) is 0 Å². The third-order valence-electron chi connectivity index (χ3n) is 5.35. The van der Waals surface area contributed by atoms with E-state index in [-0.39, 0.29) is 12.3 Å². The first-order chi connectivity index (χ1) is 15.0. The molecule has 4 rings (SSSR count). The molecular formula is C24H22F3N3O. The molecule has 0 spiro atoms. The number of halogens is 3. The lowest BCUT2D eigenvalue weighted by molar-refractivity contribution is 0.0953. The topological polar surface area (TPSA) is 45.2 Å². The van der Waals surface area contributed by atoms with Crippen LogP contribution in [0.4, 0.5) is 24.5 Å². The van der Waals surface area contributed by atoms with E-state index in [9.17, 15) is 18.0 Å². The standard InChI is InChI=1S/C24H22F3N3O/c1-2-8-29-24(31)19-4-3-5-22-18(19)7-10-30(22)17-6-9-28-16(14-17)11-15-12-20(25)23(27)21(26)13-15/h3-6,9,12-14H,2,7-8,10-11H2,1H3,(H,29,31). The van der Waals surface area contributed by atoms with E-state index in [2.05, 4.69) is 15.2 Å². The van der Waals surface area contributed by atoms with Gasteiger partial charge in [0, 0.05) is 48.3 Å².